The van der Waals surface area contributed by atoms with Crippen LogP contribution in [-0.4, -0.2) is 38.1 Å². The summed E-state index contributed by atoms with van der Waals surface area (Å²) in [6.45, 7) is 3.02. The van der Waals surface area contributed by atoms with Crippen LogP contribution in [0.2, 0.25) is 0 Å². The van der Waals surface area contributed by atoms with Crippen LogP contribution in [0.15, 0.2) is 35.2 Å². The molecule has 1 saturated heterocycles. The van der Waals surface area contributed by atoms with E-state index in [1.54, 1.807) is 24.3 Å². The number of sulfonamides is 1. The van der Waals surface area contributed by atoms with Crippen molar-refractivity contribution in [2.24, 2.45) is 5.73 Å². The molecule has 0 radical (unpaired) electrons. The third-order valence-electron chi connectivity index (χ3n) is 3.72. The summed E-state index contributed by atoms with van der Waals surface area (Å²) in [7, 11) is -3.50. The average molecular weight is 312 g/mol. The smallest absolute Gasteiger partial charge is 0.245 e. The van der Waals surface area contributed by atoms with Crippen molar-refractivity contribution in [3.8, 4) is 0 Å². The van der Waals surface area contributed by atoms with E-state index >= 15 is 0 Å². The molecule has 1 aromatic rings. The van der Waals surface area contributed by atoms with Crippen LogP contribution < -0.4 is 5.73 Å². The predicted molar refractivity (Wildman–Crippen MR) is 82.2 cm³/mol. The molecule has 0 aromatic heterocycles. The van der Waals surface area contributed by atoms with Gasteiger partial charge in [0, 0.05) is 6.04 Å². The van der Waals surface area contributed by atoms with Crippen molar-refractivity contribution < 1.29 is 13.2 Å². The summed E-state index contributed by atoms with van der Waals surface area (Å²) in [5.74, 6) is 0. The fourth-order valence-corrected chi connectivity index (χ4v) is 4.39. The summed E-state index contributed by atoms with van der Waals surface area (Å²) < 4.78 is 32.7. The van der Waals surface area contributed by atoms with Gasteiger partial charge in [-0.3, -0.25) is 0 Å². The molecule has 0 spiro atoms. The maximum Gasteiger partial charge on any atom is 0.245 e. The highest BCUT2D eigenvalue weighted by Gasteiger charge is 2.40. The lowest BCUT2D eigenvalue weighted by Crippen LogP contribution is -2.40. The fourth-order valence-electron chi connectivity index (χ4n) is 2.64. The summed E-state index contributed by atoms with van der Waals surface area (Å²) >= 11 is 0. The van der Waals surface area contributed by atoms with E-state index in [0.29, 0.717) is 18.0 Å². The topological polar surface area (TPSA) is 72.6 Å². The van der Waals surface area contributed by atoms with Gasteiger partial charge in [0.15, 0.2) is 0 Å². The lowest BCUT2D eigenvalue weighted by molar-refractivity contribution is 0.0591. The van der Waals surface area contributed by atoms with E-state index in [-0.39, 0.29) is 12.3 Å². The van der Waals surface area contributed by atoms with Crippen molar-refractivity contribution >= 4 is 10.0 Å². The largest absolute Gasteiger partial charge is 0.360 e. The van der Waals surface area contributed by atoms with Gasteiger partial charge >= 0.3 is 0 Å². The SMILES string of the molecule is C[C@@H]1CO[C@@H](CCCCCN)N1S(=O)(=O)c1ccccc1. The molecule has 1 aromatic carbocycles. The normalized spacial score (nSPS) is 23.5. The van der Waals surface area contributed by atoms with Crippen LogP contribution in [0.1, 0.15) is 32.6 Å². The van der Waals surface area contributed by atoms with Gasteiger partial charge < -0.3 is 10.5 Å². The minimum absolute atomic E-state index is 0.130. The molecule has 5 nitrogen and oxygen atoms in total. The molecule has 2 rings (SSSR count). The number of nitrogens with zero attached hydrogens (tertiary/aromatic N) is 1. The van der Waals surface area contributed by atoms with Gasteiger partial charge in [0.2, 0.25) is 10.0 Å². The Hall–Kier alpha value is -0.950. The number of hydrogen-bond acceptors (Lipinski definition) is 4. The van der Waals surface area contributed by atoms with Gasteiger partial charge in [0.1, 0.15) is 6.23 Å². The minimum Gasteiger partial charge on any atom is -0.360 e. The molecule has 21 heavy (non-hydrogen) atoms. The standard InChI is InChI=1S/C15H24N2O3S/c1-13-12-20-15(10-6-3-7-11-16)17(13)21(18,19)14-8-4-2-5-9-14/h2,4-5,8-9,13,15H,3,6-7,10-12,16H2,1H3/t13-,15+/m1/s1. The Morgan fingerprint density at radius 3 is 2.62 bits per heavy atom. The molecule has 1 fully saturated rings. The number of ether oxygens (including phenoxy) is 1. The second kappa shape index (κ2) is 7.35. The highest BCUT2D eigenvalue weighted by Crippen LogP contribution is 2.28. The number of hydrogen-bond donors (Lipinski definition) is 1. The number of benzene rings is 1. The lowest BCUT2D eigenvalue weighted by atomic mass is 10.2. The average Bonchev–Trinajstić information content (AvgIpc) is 2.86. The number of rotatable bonds is 7. The van der Waals surface area contributed by atoms with Crippen molar-refractivity contribution in [1.82, 2.24) is 4.31 Å². The zero-order chi connectivity index (χ0) is 15.3. The molecule has 118 valence electrons. The Bertz CT molecular complexity index is 533. The highest BCUT2D eigenvalue weighted by molar-refractivity contribution is 7.89. The maximum atomic E-state index is 12.8. The van der Waals surface area contributed by atoms with Crippen LogP contribution in [0, 0.1) is 0 Å². The molecule has 6 heteroatoms. The molecule has 1 aliphatic heterocycles. The Morgan fingerprint density at radius 1 is 1.24 bits per heavy atom. The summed E-state index contributed by atoms with van der Waals surface area (Å²) in [5, 5.41) is 0. The van der Waals surface area contributed by atoms with Crippen molar-refractivity contribution in [1.29, 1.82) is 0 Å². The molecule has 1 heterocycles. The highest BCUT2D eigenvalue weighted by atomic mass is 32.2. The first-order chi connectivity index (χ1) is 10.1. The van der Waals surface area contributed by atoms with Gasteiger partial charge in [-0.25, -0.2) is 8.42 Å². The number of nitrogens with two attached hydrogens (primary N) is 1. The van der Waals surface area contributed by atoms with Crippen molar-refractivity contribution in [2.45, 2.75) is 49.8 Å². The van der Waals surface area contributed by atoms with Crippen LogP contribution in [0.5, 0.6) is 0 Å². The second-order valence-corrected chi connectivity index (χ2v) is 7.27. The van der Waals surface area contributed by atoms with Crippen molar-refractivity contribution in [2.75, 3.05) is 13.2 Å². The van der Waals surface area contributed by atoms with Gasteiger partial charge in [-0.15, -0.1) is 0 Å². The fraction of sp³-hybridized carbons (Fsp3) is 0.600. The lowest BCUT2D eigenvalue weighted by Gasteiger charge is -2.25. The third kappa shape index (κ3) is 3.83. The van der Waals surface area contributed by atoms with E-state index in [1.165, 1.54) is 4.31 Å². The van der Waals surface area contributed by atoms with Crippen LogP contribution in [0.3, 0.4) is 0 Å². The monoisotopic (exact) mass is 312 g/mol. The summed E-state index contributed by atoms with van der Waals surface area (Å²) in [6, 6.07) is 8.43. The van der Waals surface area contributed by atoms with E-state index in [4.69, 9.17) is 10.5 Å². The predicted octanol–water partition coefficient (Wildman–Crippen LogP) is 1.94. The summed E-state index contributed by atoms with van der Waals surface area (Å²) in [5.41, 5.74) is 5.48. The molecular formula is C15H24N2O3S. The molecule has 0 amide bonds. The van der Waals surface area contributed by atoms with E-state index in [0.717, 1.165) is 25.7 Å². The van der Waals surface area contributed by atoms with Crippen LogP contribution >= 0.6 is 0 Å². The van der Waals surface area contributed by atoms with Gasteiger partial charge in [-0.2, -0.15) is 4.31 Å². The van der Waals surface area contributed by atoms with Gasteiger partial charge in [0.25, 0.3) is 0 Å². The molecule has 2 N–H and O–H groups in total. The minimum atomic E-state index is -3.50. The zero-order valence-electron chi connectivity index (χ0n) is 12.4. The molecule has 0 aliphatic carbocycles. The molecule has 2 atom stereocenters. The van der Waals surface area contributed by atoms with Crippen molar-refractivity contribution in [3.63, 3.8) is 0 Å². The van der Waals surface area contributed by atoms with Crippen LogP contribution in [0.25, 0.3) is 0 Å². The van der Waals surface area contributed by atoms with E-state index in [9.17, 15) is 8.42 Å². The van der Waals surface area contributed by atoms with E-state index < -0.39 is 10.0 Å². The maximum absolute atomic E-state index is 12.8. The molecule has 1 aliphatic rings. The first-order valence-corrected chi connectivity index (χ1v) is 8.91. The molecule has 0 saturated carbocycles. The number of unbranched alkanes of at least 4 members (excludes halogenated alkanes) is 2. The second-order valence-electron chi connectivity index (χ2n) is 5.42. The van der Waals surface area contributed by atoms with Crippen LogP contribution in [0.4, 0.5) is 0 Å². The summed E-state index contributed by atoms with van der Waals surface area (Å²) in [6.07, 6.45) is 3.26. The molecule has 0 bridgehead atoms. The summed E-state index contributed by atoms with van der Waals surface area (Å²) in [4.78, 5) is 0.328. The molecule has 0 unspecified atom stereocenters. The van der Waals surface area contributed by atoms with Gasteiger partial charge in [-0.05, 0) is 44.9 Å². The Balaban J connectivity index is 2.11. The Labute approximate surface area is 127 Å². The van der Waals surface area contributed by atoms with Crippen LogP contribution in [-0.2, 0) is 14.8 Å². The van der Waals surface area contributed by atoms with Gasteiger partial charge in [0.05, 0.1) is 11.5 Å². The quantitative estimate of drug-likeness (QED) is 0.781. The molecular weight excluding hydrogens is 288 g/mol. The van der Waals surface area contributed by atoms with E-state index in [2.05, 4.69) is 0 Å². The van der Waals surface area contributed by atoms with E-state index in [1.807, 2.05) is 13.0 Å². The zero-order valence-corrected chi connectivity index (χ0v) is 13.3. The van der Waals surface area contributed by atoms with Gasteiger partial charge in [-0.1, -0.05) is 24.6 Å². The Morgan fingerprint density at radius 2 is 1.95 bits per heavy atom. The Kier molecular flexibility index (Phi) is 5.75. The first-order valence-electron chi connectivity index (χ1n) is 7.47. The third-order valence-corrected chi connectivity index (χ3v) is 5.74. The first kappa shape index (κ1) is 16.4. The van der Waals surface area contributed by atoms with Crippen molar-refractivity contribution in [3.05, 3.63) is 30.3 Å².